The second-order valence-corrected chi connectivity index (χ2v) is 4.63. The van der Waals surface area contributed by atoms with Crippen molar-refractivity contribution >= 4 is 28.9 Å². The Morgan fingerprint density at radius 1 is 1.67 bits per heavy atom. The molecule has 0 atom stereocenters. The molecule has 0 unspecified atom stereocenters. The Bertz CT molecular complexity index is 396. The molecule has 0 aliphatic carbocycles. The molecule has 0 saturated heterocycles. The zero-order valence-corrected chi connectivity index (χ0v) is 12.5. The van der Waals surface area contributed by atoms with Crippen LogP contribution in [0.4, 0.5) is 0 Å². The van der Waals surface area contributed by atoms with Gasteiger partial charge in [0.1, 0.15) is 0 Å². The Morgan fingerprint density at radius 3 is 3.00 bits per heavy atom. The fourth-order valence-electron chi connectivity index (χ4n) is 1.51. The third kappa shape index (κ3) is 4.12. The first-order chi connectivity index (χ1) is 8.60. The second kappa shape index (κ2) is 7.56. The van der Waals surface area contributed by atoms with E-state index in [-0.39, 0.29) is 0 Å². The van der Waals surface area contributed by atoms with Crippen LogP contribution in [0.1, 0.15) is 12.6 Å². The largest absolute Gasteiger partial charge is 0.383 e. The van der Waals surface area contributed by atoms with Gasteiger partial charge in [0, 0.05) is 27.2 Å². The van der Waals surface area contributed by atoms with Gasteiger partial charge in [0.2, 0.25) is 0 Å². The highest BCUT2D eigenvalue weighted by Crippen LogP contribution is 2.16. The summed E-state index contributed by atoms with van der Waals surface area (Å²) < 4.78 is 6.83. The predicted octanol–water partition coefficient (Wildman–Crippen LogP) is 1.51. The van der Waals surface area contributed by atoms with Crippen molar-refractivity contribution in [3.63, 3.8) is 0 Å². The normalized spacial score (nSPS) is 10.4. The van der Waals surface area contributed by atoms with E-state index in [1.165, 1.54) is 0 Å². The summed E-state index contributed by atoms with van der Waals surface area (Å²) >= 11 is 11.4. The topological polar surface area (TPSA) is 42.3 Å². The van der Waals surface area contributed by atoms with Gasteiger partial charge in [-0.1, -0.05) is 11.6 Å². The van der Waals surface area contributed by atoms with Crippen LogP contribution >= 0.6 is 23.8 Å². The summed E-state index contributed by atoms with van der Waals surface area (Å²) in [5.41, 5.74) is 0.970. The van der Waals surface area contributed by atoms with Gasteiger partial charge in [0.15, 0.2) is 5.11 Å². The molecule has 0 aliphatic heterocycles. The summed E-state index contributed by atoms with van der Waals surface area (Å²) in [7, 11) is 3.58. The van der Waals surface area contributed by atoms with Gasteiger partial charge in [-0.2, -0.15) is 5.10 Å². The van der Waals surface area contributed by atoms with Crippen molar-refractivity contribution in [3.05, 3.63) is 16.9 Å². The van der Waals surface area contributed by atoms with Crippen molar-refractivity contribution < 1.29 is 4.74 Å². The minimum absolute atomic E-state index is 0.627. The number of aryl methyl sites for hydroxylation is 1. The summed E-state index contributed by atoms with van der Waals surface area (Å²) in [5.74, 6) is 0. The number of nitrogens with zero attached hydrogens (tertiary/aromatic N) is 3. The molecule has 102 valence electrons. The SMILES string of the molecule is CCn1ncc(Cl)c1CN(C)C(=S)NCCOC. The van der Waals surface area contributed by atoms with Crippen molar-refractivity contribution in [1.82, 2.24) is 20.0 Å². The third-order valence-electron chi connectivity index (χ3n) is 2.51. The number of nitrogens with one attached hydrogen (secondary N) is 1. The molecule has 5 nitrogen and oxygen atoms in total. The number of ether oxygens (including phenoxy) is 1. The highest BCUT2D eigenvalue weighted by Gasteiger charge is 2.12. The molecule has 1 aromatic heterocycles. The lowest BCUT2D eigenvalue weighted by molar-refractivity contribution is 0.203. The number of methoxy groups -OCH3 is 1. The first-order valence-electron chi connectivity index (χ1n) is 5.78. The van der Waals surface area contributed by atoms with E-state index < -0.39 is 0 Å². The number of aromatic nitrogens is 2. The quantitative estimate of drug-likeness (QED) is 0.635. The maximum Gasteiger partial charge on any atom is 0.169 e. The Labute approximate surface area is 118 Å². The number of thiocarbonyl (C=S) groups is 1. The summed E-state index contributed by atoms with van der Waals surface area (Å²) in [5, 5.41) is 8.65. The van der Waals surface area contributed by atoms with Crippen LogP contribution in [0.3, 0.4) is 0 Å². The minimum Gasteiger partial charge on any atom is -0.383 e. The highest BCUT2D eigenvalue weighted by molar-refractivity contribution is 7.80. The fraction of sp³-hybridized carbons (Fsp3) is 0.636. The van der Waals surface area contributed by atoms with Crippen LogP contribution in [-0.2, 0) is 17.8 Å². The molecule has 18 heavy (non-hydrogen) atoms. The van der Waals surface area contributed by atoms with Crippen LogP contribution < -0.4 is 5.32 Å². The van der Waals surface area contributed by atoms with Crippen LogP contribution in [0.2, 0.25) is 5.02 Å². The summed E-state index contributed by atoms with van der Waals surface area (Å²) in [6.45, 7) is 4.77. The van der Waals surface area contributed by atoms with E-state index in [9.17, 15) is 0 Å². The van der Waals surface area contributed by atoms with E-state index in [0.717, 1.165) is 12.2 Å². The molecule has 0 aromatic carbocycles. The monoisotopic (exact) mass is 290 g/mol. The van der Waals surface area contributed by atoms with Gasteiger partial charge >= 0.3 is 0 Å². The maximum absolute atomic E-state index is 6.11. The zero-order valence-electron chi connectivity index (χ0n) is 10.9. The summed E-state index contributed by atoms with van der Waals surface area (Å²) in [6, 6.07) is 0. The number of hydrogen-bond acceptors (Lipinski definition) is 3. The van der Waals surface area contributed by atoms with Crippen LogP contribution in [0.15, 0.2) is 6.20 Å². The first-order valence-corrected chi connectivity index (χ1v) is 6.56. The number of hydrogen-bond donors (Lipinski definition) is 1. The predicted molar refractivity (Wildman–Crippen MR) is 76.9 cm³/mol. The lowest BCUT2D eigenvalue weighted by Gasteiger charge is -2.21. The van der Waals surface area contributed by atoms with Crippen molar-refractivity contribution in [2.75, 3.05) is 27.3 Å². The van der Waals surface area contributed by atoms with E-state index in [2.05, 4.69) is 10.4 Å². The van der Waals surface area contributed by atoms with Gasteiger partial charge in [-0.15, -0.1) is 0 Å². The highest BCUT2D eigenvalue weighted by atomic mass is 35.5. The molecule has 0 aliphatic rings. The minimum atomic E-state index is 0.627. The van der Waals surface area contributed by atoms with Gasteiger partial charge in [-0.25, -0.2) is 0 Å². The van der Waals surface area contributed by atoms with Gasteiger partial charge in [0.05, 0.1) is 30.1 Å². The molecule has 1 rings (SSSR count). The molecule has 0 bridgehead atoms. The van der Waals surface area contributed by atoms with Crippen LogP contribution in [-0.4, -0.2) is 47.1 Å². The van der Waals surface area contributed by atoms with Crippen molar-refractivity contribution in [1.29, 1.82) is 0 Å². The number of halogens is 1. The molecule has 0 amide bonds. The third-order valence-corrected chi connectivity index (χ3v) is 3.29. The summed E-state index contributed by atoms with van der Waals surface area (Å²) in [6.07, 6.45) is 1.66. The molecule has 7 heteroatoms. The standard InChI is InChI=1S/C11H19ClN4OS/c1-4-16-10(9(12)7-14-16)8-15(2)11(18)13-5-6-17-3/h7H,4-6,8H2,1-3H3,(H,13,18). The average Bonchev–Trinajstić information content (AvgIpc) is 2.70. The molecular weight excluding hydrogens is 272 g/mol. The lowest BCUT2D eigenvalue weighted by atomic mass is 10.4. The van der Waals surface area contributed by atoms with E-state index >= 15 is 0 Å². The Morgan fingerprint density at radius 2 is 2.39 bits per heavy atom. The van der Waals surface area contributed by atoms with Gasteiger partial charge < -0.3 is 15.0 Å². The van der Waals surface area contributed by atoms with E-state index in [1.54, 1.807) is 13.3 Å². The van der Waals surface area contributed by atoms with Crippen molar-refractivity contribution in [3.8, 4) is 0 Å². The first kappa shape index (κ1) is 15.2. The van der Waals surface area contributed by atoms with Gasteiger partial charge in [-0.3, -0.25) is 4.68 Å². The van der Waals surface area contributed by atoms with Crippen molar-refractivity contribution in [2.24, 2.45) is 0 Å². The smallest absolute Gasteiger partial charge is 0.169 e. The van der Waals surface area contributed by atoms with E-state index in [0.29, 0.717) is 29.8 Å². The average molecular weight is 291 g/mol. The lowest BCUT2D eigenvalue weighted by Crippen LogP contribution is -2.38. The molecule has 0 saturated carbocycles. The zero-order chi connectivity index (χ0) is 13.5. The van der Waals surface area contributed by atoms with E-state index in [1.807, 2.05) is 23.6 Å². The Balaban J connectivity index is 2.55. The maximum atomic E-state index is 6.11. The molecule has 0 spiro atoms. The van der Waals surface area contributed by atoms with Gasteiger partial charge in [-0.05, 0) is 19.1 Å². The van der Waals surface area contributed by atoms with Crippen LogP contribution in [0, 0.1) is 0 Å². The molecule has 1 heterocycles. The Hall–Kier alpha value is -0.850. The second-order valence-electron chi connectivity index (χ2n) is 3.84. The van der Waals surface area contributed by atoms with E-state index in [4.69, 9.17) is 28.6 Å². The van der Waals surface area contributed by atoms with Gasteiger partial charge in [0.25, 0.3) is 0 Å². The van der Waals surface area contributed by atoms with Crippen LogP contribution in [0.5, 0.6) is 0 Å². The Kier molecular flexibility index (Phi) is 6.38. The molecule has 0 fully saturated rings. The molecule has 1 N–H and O–H groups in total. The van der Waals surface area contributed by atoms with Crippen LogP contribution in [0.25, 0.3) is 0 Å². The fourth-order valence-corrected chi connectivity index (χ4v) is 1.88. The summed E-state index contributed by atoms with van der Waals surface area (Å²) in [4.78, 5) is 1.93. The molecule has 0 radical (unpaired) electrons. The van der Waals surface area contributed by atoms with Crippen molar-refractivity contribution in [2.45, 2.75) is 20.0 Å². The molecular formula is C11H19ClN4OS. The number of rotatable bonds is 6. The molecule has 1 aromatic rings.